The molecule has 0 heterocycles. The molecule has 0 spiro atoms. The Morgan fingerprint density at radius 3 is 2.68 bits per heavy atom. The highest BCUT2D eigenvalue weighted by molar-refractivity contribution is 6.33. The van der Waals surface area contributed by atoms with Crippen LogP contribution in [0.2, 0.25) is 5.02 Å². The summed E-state index contributed by atoms with van der Waals surface area (Å²) >= 11 is 5.93. The molecule has 3 N–H and O–H groups in total. The highest BCUT2D eigenvalue weighted by Gasteiger charge is 2.16. The number of nitrogens with one attached hydrogen (secondary N) is 1. The van der Waals surface area contributed by atoms with Gasteiger partial charge in [-0.2, -0.15) is 0 Å². The van der Waals surface area contributed by atoms with Gasteiger partial charge in [0.2, 0.25) is 5.91 Å². The van der Waals surface area contributed by atoms with Crippen molar-refractivity contribution in [2.24, 2.45) is 5.73 Å². The number of ether oxygens (including phenoxy) is 2. The zero-order valence-corrected chi connectivity index (χ0v) is 11.4. The van der Waals surface area contributed by atoms with Gasteiger partial charge in [0.25, 0.3) is 0 Å². The van der Waals surface area contributed by atoms with Gasteiger partial charge in [-0.25, -0.2) is 4.79 Å². The number of esters is 1. The average molecular weight is 287 g/mol. The molecule has 19 heavy (non-hydrogen) atoms. The van der Waals surface area contributed by atoms with Gasteiger partial charge in [0.05, 0.1) is 30.0 Å². The van der Waals surface area contributed by atoms with Gasteiger partial charge in [-0.1, -0.05) is 11.6 Å². The number of anilines is 1. The summed E-state index contributed by atoms with van der Waals surface area (Å²) in [5, 5.41) is 2.83. The van der Waals surface area contributed by atoms with Crippen molar-refractivity contribution in [3.05, 3.63) is 28.8 Å². The first-order valence-electron chi connectivity index (χ1n) is 5.42. The number of rotatable bonds is 5. The number of carbonyl (C=O) groups excluding carboxylic acids is 2. The summed E-state index contributed by atoms with van der Waals surface area (Å²) in [5.74, 6) is -0.973. The summed E-state index contributed by atoms with van der Waals surface area (Å²) in [7, 11) is 2.71. The van der Waals surface area contributed by atoms with Crippen molar-refractivity contribution < 1.29 is 19.1 Å². The van der Waals surface area contributed by atoms with Crippen LogP contribution >= 0.6 is 11.6 Å². The topological polar surface area (TPSA) is 90.6 Å². The molecule has 1 atom stereocenters. The van der Waals surface area contributed by atoms with E-state index in [9.17, 15) is 9.59 Å². The average Bonchev–Trinajstić information content (AvgIpc) is 2.40. The highest BCUT2D eigenvalue weighted by Crippen LogP contribution is 2.23. The minimum Gasteiger partial charge on any atom is -0.465 e. The number of methoxy groups -OCH3 is 2. The number of nitrogens with two attached hydrogens (primary N) is 1. The predicted octanol–water partition coefficient (Wildman–Crippen LogP) is 1.04. The molecule has 104 valence electrons. The first-order valence-corrected chi connectivity index (χ1v) is 5.80. The Bertz CT molecular complexity index is 479. The van der Waals surface area contributed by atoms with Gasteiger partial charge in [0.15, 0.2) is 0 Å². The van der Waals surface area contributed by atoms with Crippen LogP contribution in [0.5, 0.6) is 0 Å². The number of hydrogen-bond donors (Lipinski definition) is 2. The second-order valence-electron chi connectivity index (χ2n) is 3.74. The summed E-state index contributed by atoms with van der Waals surface area (Å²) in [6, 6.07) is 3.60. The quantitative estimate of drug-likeness (QED) is 0.789. The Balaban J connectivity index is 2.88. The van der Waals surface area contributed by atoms with E-state index in [0.29, 0.717) is 10.7 Å². The molecule has 0 bridgehead atoms. The van der Waals surface area contributed by atoms with Gasteiger partial charge in [0, 0.05) is 7.11 Å². The van der Waals surface area contributed by atoms with Crippen molar-refractivity contribution in [3.63, 3.8) is 0 Å². The first kappa shape index (κ1) is 15.4. The summed E-state index contributed by atoms with van der Waals surface area (Å²) in [6.07, 6.45) is 0. The molecule has 0 saturated carbocycles. The van der Waals surface area contributed by atoms with Gasteiger partial charge in [-0.15, -0.1) is 0 Å². The van der Waals surface area contributed by atoms with Crippen LogP contribution in [0.3, 0.4) is 0 Å². The highest BCUT2D eigenvalue weighted by atomic mass is 35.5. The van der Waals surface area contributed by atoms with Crippen LogP contribution in [0, 0.1) is 0 Å². The van der Waals surface area contributed by atoms with Gasteiger partial charge in [0.1, 0.15) is 6.04 Å². The summed E-state index contributed by atoms with van der Waals surface area (Å²) in [5.41, 5.74) is 6.15. The Hall–Kier alpha value is -1.63. The molecule has 1 rings (SSSR count). The predicted molar refractivity (Wildman–Crippen MR) is 71.3 cm³/mol. The van der Waals surface area contributed by atoms with Crippen molar-refractivity contribution in [1.29, 1.82) is 0 Å². The molecule has 0 aliphatic rings. The fourth-order valence-corrected chi connectivity index (χ4v) is 1.51. The molecule has 0 saturated heterocycles. The van der Waals surface area contributed by atoms with Crippen molar-refractivity contribution in [1.82, 2.24) is 0 Å². The fourth-order valence-electron chi connectivity index (χ4n) is 1.35. The lowest BCUT2D eigenvalue weighted by Gasteiger charge is -2.13. The lowest BCUT2D eigenvalue weighted by atomic mass is 10.2. The standard InChI is InChI=1S/C12H15ClN2O4/c1-18-6-9(14)11(16)15-10-5-7(12(17)19-2)3-4-8(10)13/h3-5,9H,6,14H2,1-2H3,(H,15,16). The number of amides is 1. The van der Waals surface area contributed by atoms with E-state index in [1.165, 1.54) is 32.4 Å². The Morgan fingerprint density at radius 1 is 1.42 bits per heavy atom. The van der Waals surface area contributed by atoms with Crippen LogP contribution < -0.4 is 11.1 Å². The summed E-state index contributed by atoms with van der Waals surface area (Å²) in [6.45, 7) is 0.0835. The molecule has 6 nitrogen and oxygen atoms in total. The van der Waals surface area contributed by atoms with Crippen LogP contribution in [0.25, 0.3) is 0 Å². The number of carbonyl (C=O) groups is 2. The first-order chi connectivity index (χ1) is 8.99. The van der Waals surface area contributed by atoms with E-state index in [2.05, 4.69) is 10.1 Å². The molecule has 0 aromatic heterocycles. The van der Waals surface area contributed by atoms with E-state index in [1.54, 1.807) is 0 Å². The Labute approximate surface area is 115 Å². The number of benzene rings is 1. The molecule has 1 amide bonds. The minimum absolute atomic E-state index is 0.0835. The van der Waals surface area contributed by atoms with Crippen molar-refractivity contribution in [3.8, 4) is 0 Å². The van der Waals surface area contributed by atoms with Gasteiger partial charge >= 0.3 is 5.97 Å². The third kappa shape index (κ3) is 4.20. The van der Waals surface area contributed by atoms with Crippen LogP contribution in [-0.2, 0) is 14.3 Å². The van der Waals surface area contributed by atoms with E-state index in [0.717, 1.165) is 0 Å². The molecule has 1 aromatic rings. The zero-order valence-electron chi connectivity index (χ0n) is 10.6. The monoisotopic (exact) mass is 286 g/mol. The van der Waals surface area contributed by atoms with Crippen molar-refractivity contribution >= 4 is 29.2 Å². The molecule has 0 aliphatic heterocycles. The Kier molecular flexibility index (Phi) is 5.75. The Morgan fingerprint density at radius 2 is 2.11 bits per heavy atom. The lowest BCUT2D eigenvalue weighted by molar-refractivity contribution is -0.118. The molecule has 7 heteroatoms. The van der Waals surface area contributed by atoms with Crippen LogP contribution in [0.15, 0.2) is 18.2 Å². The summed E-state index contributed by atoms with van der Waals surface area (Å²) < 4.78 is 9.36. The smallest absolute Gasteiger partial charge is 0.337 e. The second kappa shape index (κ2) is 7.08. The molecule has 0 radical (unpaired) electrons. The van der Waals surface area contributed by atoms with Crippen molar-refractivity contribution in [2.45, 2.75) is 6.04 Å². The maximum Gasteiger partial charge on any atom is 0.337 e. The maximum atomic E-state index is 11.7. The summed E-state index contributed by atoms with van der Waals surface area (Å²) in [4.78, 5) is 23.1. The third-order valence-electron chi connectivity index (χ3n) is 2.33. The number of halogens is 1. The van der Waals surface area contributed by atoms with E-state index >= 15 is 0 Å². The molecule has 1 aromatic carbocycles. The van der Waals surface area contributed by atoms with E-state index in [-0.39, 0.29) is 12.2 Å². The van der Waals surface area contributed by atoms with E-state index in [4.69, 9.17) is 22.1 Å². The SMILES string of the molecule is COCC(N)C(=O)Nc1cc(C(=O)OC)ccc1Cl. The van der Waals surface area contributed by atoms with E-state index in [1.807, 2.05) is 0 Å². The molecule has 0 fully saturated rings. The molecule has 0 aliphatic carbocycles. The second-order valence-corrected chi connectivity index (χ2v) is 4.14. The van der Waals surface area contributed by atoms with Gasteiger partial charge < -0.3 is 20.5 Å². The molecular formula is C12H15ClN2O4. The molecule has 1 unspecified atom stereocenters. The van der Waals surface area contributed by atoms with Crippen LogP contribution in [-0.4, -0.2) is 38.7 Å². The largest absolute Gasteiger partial charge is 0.465 e. The maximum absolute atomic E-state index is 11.7. The fraction of sp³-hybridized carbons (Fsp3) is 0.333. The van der Waals surface area contributed by atoms with Crippen LogP contribution in [0.4, 0.5) is 5.69 Å². The van der Waals surface area contributed by atoms with Gasteiger partial charge in [-0.3, -0.25) is 4.79 Å². The molecular weight excluding hydrogens is 272 g/mol. The van der Waals surface area contributed by atoms with Crippen LogP contribution in [0.1, 0.15) is 10.4 Å². The van der Waals surface area contributed by atoms with Crippen molar-refractivity contribution in [2.75, 3.05) is 26.1 Å². The lowest BCUT2D eigenvalue weighted by Crippen LogP contribution is -2.39. The third-order valence-corrected chi connectivity index (χ3v) is 2.66. The normalized spacial score (nSPS) is 11.8. The van der Waals surface area contributed by atoms with Gasteiger partial charge in [-0.05, 0) is 18.2 Å². The van der Waals surface area contributed by atoms with E-state index < -0.39 is 17.9 Å². The zero-order chi connectivity index (χ0) is 14.4. The number of hydrogen-bond acceptors (Lipinski definition) is 5. The minimum atomic E-state index is -0.817.